The molecule has 0 aliphatic heterocycles. The molecular formula is C19H18N2O3. The van der Waals surface area contributed by atoms with Crippen molar-refractivity contribution in [2.45, 2.75) is 26.9 Å². The van der Waals surface area contributed by atoms with Gasteiger partial charge in [0.25, 0.3) is 5.91 Å². The Kier molecular flexibility index (Phi) is 5.33. The molecule has 0 saturated carbocycles. The molecular weight excluding hydrogens is 304 g/mol. The van der Waals surface area contributed by atoms with Gasteiger partial charge in [-0.15, -0.1) is 0 Å². The summed E-state index contributed by atoms with van der Waals surface area (Å²) >= 11 is 0. The molecule has 1 N–H and O–H groups in total. The summed E-state index contributed by atoms with van der Waals surface area (Å²) in [6.45, 7) is 5.24. The Morgan fingerprint density at radius 2 is 1.88 bits per heavy atom. The third-order valence-corrected chi connectivity index (χ3v) is 3.56. The van der Waals surface area contributed by atoms with E-state index in [-0.39, 0.29) is 0 Å². The van der Waals surface area contributed by atoms with Crippen molar-refractivity contribution in [2.24, 2.45) is 0 Å². The standard InChI is InChI=1S/C19H18N2O3/c1-12-8-9-16(13(2)10-12)19(23)24-14(3)18(22)21-17-7-5-4-6-15(17)11-20/h4-10,14H,1-3H3,(H,21,22)/t14-/m1/s1. The van der Waals surface area contributed by atoms with E-state index in [0.717, 1.165) is 11.1 Å². The molecule has 1 amide bonds. The first-order valence-corrected chi connectivity index (χ1v) is 7.50. The van der Waals surface area contributed by atoms with Crippen LogP contribution in [-0.2, 0) is 9.53 Å². The molecule has 0 aliphatic rings. The second-order valence-corrected chi connectivity index (χ2v) is 5.51. The SMILES string of the molecule is Cc1ccc(C(=O)O[C@H](C)C(=O)Nc2ccccc2C#N)c(C)c1. The number of rotatable bonds is 4. The summed E-state index contributed by atoms with van der Waals surface area (Å²) in [6.07, 6.45) is -0.982. The van der Waals surface area contributed by atoms with Crippen LogP contribution in [0.2, 0.25) is 0 Å². The number of nitriles is 1. The second kappa shape index (κ2) is 7.42. The lowest BCUT2D eigenvalue weighted by Crippen LogP contribution is -2.30. The predicted octanol–water partition coefficient (Wildman–Crippen LogP) is 3.36. The summed E-state index contributed by atoms with van der Waals surface area (Å²) in [5.41, 5.74) is 3.00. The summed E-state index contributed by atoms with van der Waals surface area (Å²) in [5, 5.41) is 11.6. The molecule has 1 atom stereocenters. The molecule has 24 heavy (non-hydrogen) atoms. The van der Waals surface area contributed by atoms with Crippen LogP contribution in [0.3, 0.4) is 0 Å². The van der Waals surface area contributed by atoms with E-state index in [1.54, 1.807) is 30.3 Å². The topological polar surface area (TPSA) is 79.2 Å². The smallest absolute Gasteiger partial charge is 0.339 e. The van der Waals surface area contributed by atoms with Gasteiger partial charge >= 0.3 is 5.97 Å². The summed E-state index contributed by atoms with van der Waals surface area (Å²) in [4.78, 5) is 24.4. The number of hydrogen-bond acceptors (Lipinski definition) is 4. The van der Waals surface area contributed by atoms with E-state index in [1.807, 2.05) is 32.0 Å². The minimum atomic E-state index is -0.982. The predicted molar refractivity (Wildman–Crippen MR) is 90.6 cm³/mol. The highest BCUT2D eigenvalue weighted by Gasteiger charge is 2.20. The number of hydrogen-bond donors (Lipinski definition) is 1. The van der Waals surface area contributed by atoms with Gasteiger partial charge in [-0.2, -0.15) is 5.26 Å². The normalized spacial score (nSPS) is 11.2. The van der Waals surface area contributed by atoms with Gasteiger partial charge in [-0.25, -0.2) is 4.79 Å². The summed E-state index contributed by atoms with van der Waals surface area (Å²) < 4.78 is 5.23. The van der Waals surface area contributed by atoms with E-state index in [9.17, 15) is 9.59 Å². The van der Waals surface area contributed by atoms with Gasteiger partial charge in [0.15, 0.2) is 6.10 Å². The zero-order chi connectivity index (χ0) is 17.7. The van der Waals surface area contributed by atoms with Gasteiger partial charge in [-0.3, -0.25) is 4.79 Å². The van der Waals surface area contributed by atoms with E-state index in [4.69, 9.17) is 10.00 Å². The molecule has 122 valence electrons. The Morgan fingerprint density at radius 1 is 1.17 bits per heavy atom. The van der Waals surface area contributed by atoms with Crippen LogP contribution in [0.4, 0.5) is 5.69 Å². The van der Waals surface area contributed by atoms with Gasteiger partial charge in [0, 0.05) is 0 Å². The number of amides is 1. The third-order valence-electron chi connectivity index (χ3n) is 3.56. The van der Waals surface area contributed by atoms with Crippen molar-refractivity contribution in [1.29, 1.82) is 5.26 Å². The number of aryl methyl sites for hydroxylation is 2. The van der Waals surface area contributed by atoms with Crippen molar-refractivity contribution in [3.05, 3.63) is 64.7 Å². The fraction of sp³-hybridized carbons (Fsp3) is 0.211. The quantitative estimate of drug-likeness (QED) is 0.875. The average molecular weight is 322 g/mol. The summed E-state index contributed by atoms with van der Waals surface area (Å²) in [7, 11) is 0. The molecule has 0 bridgehead atoms. The highest BCUT2D eigenvalue weighted by atomic mass is 16.5. The highest BCUT2D eigenvalue weighted by molar-refractivity contribution is 5.98. The van der Waals surface area contributed by atoms with Crippen LogP contribution in [0, 0.1) is 25.2 Å². The van der Waals surface area contributed by atoms with E-state index in [1.165, 1.54) is 6.92 Å². The monoisotopic (exact) mass is 322 g/mol. The Balaban J connectivity index is 2.06. The molecule has 0 fully saturated rings. The van der Waals surface area contributed by atoms with Crippen molar-refractivity contribution in [3.63, 3.8) is 0 Å². The minimum absolute atomic E-state index is 0.346. The van der Waals surface area contributed by atoms with Crippen molar-refractivity contribution in [3.8, 4) is 6.07 Å². The van der Waals surface area contributed by atoms with Crippen LogP contribution < -0.4 is 5.32 Å². The lowest BCUT2D eigenvalue weighted by atomic mass is 10.1. The Labute approximate surface area is 140 Å². The number of nitrogens with zero attached hydrogens (tertiary/aromatic N) is 1. The Bertz CT molecular complexity index is 822. The molecule has 2 aromatic rings. The number of carbonyl (C=O) groups is 2. The number of benzene rings is 2. The maximum Gasteiger partial charge on any atom is 0.339 e. The number of anilines is 1. The second-order valence-electron chi connectivity index (χ2n) is 5.51. The molecule has 0 saturated heterocycles. The van der Waals surface area contributed by atoms with Gasteiger partial charge in [0.05, 0.1) is 16.8 Å². The van der Waals surface area contributed by atoms with Gasteiger partial charge in [-0.1, -0.05) is 29.8 Å². The number of ether oxygens (including phenoxy) is 1. The highest BCUT2D eigenvalue weighted by Crippen LogP contribution is 2.16. The maximum atomic E-state index is 12.2. The number of para-hydroxylation sites is 1. The first kappa shape index (κ1) is 17.2. The fourth-order valence-corrected chi connectivity index (χ4v) is 2.24. The molecule has 5 heteroatoms. The summed E-state index contributed by atoms with van der Waals surface area (Å²) in [5.74, 6) is -1.04. The van der Waals surface area contributed by atoms with Crippen molar-refractivity contribution in [1.82, 2.24) is 0 Å². The van der Waals surface area contributed by atoms with E-state index in [0.29, 0.717) is 16.8 Å². The van der Waals surface area contributed by atoms with Gasteiger partial charge in [0.2, 0.25) is 0 Å². The average Bonchev–Trinajstić information content (AvgIpc) is 2.55. The molecule has 5 nitrogen and oxygen atoms in total. The van der Waals surface area contributed by atoms with Gasteiger partial charge in [-0.05, 0) is 44.5 Å². The molecule has 2 rings (SSSR count). The van der Waals surface area contributed by atoms with Crippen LogP contribution in [0.25, 0.3) is 0 Å². The first-order valence-electron chi connectivity index (χ1n) is 7.50. The largest absolute Gasteiger partial charge is 0.449 e. The molecule has 0 aromatic heterocycles. The van der Waals surface area contributed by atoms with E-state index in [2.05, 4.69) is 5.32 Å². The van der Waals surface area contributed by atoms with Crippen LogP contribution in [0.15, 0.2) is 42.5 Å². The van der Waals surface area contributed by atoms with Crippen molar-refractivity contribution in [2.75, 3.05) is 5.32 Å². The Morgan fingerprint density at radius 3 is 2.54 bits per heavy atom. The first-order chi connectivity index (χ1) is 11.4. The lowest BCUT2D eigenvalue weighted by molar-refractivity contribution is -0.123. The molecule has 0 radical (unpaired) electrons. The van der Waals surface area contributed by atoms with Crippen LogP contribution in [0.1, 0.15) is 34.0 Å². The van der Waals surface area contributed by atoms with E-state index < -0.39 is 18.0 Å². The molecule has 0 spiro atoms. The fourth-order valence-electron chi connectivity index (χ4n) is 2.24. The van der Waals surface area contributed by atoms with Crippen LogP contribution >= 0.6 is 0 Å². The van der Waals surface area contributed by atoms with Crippen LogP contribution in [0.5, 0.6) is 0 Å². The van der Waals surface area contributed by atoms with E-state index >= 15 is 0 Å². The number of esters is 1. The number of carbonyl (C=O) groups excluding carboxylic acids is 2. The van der Waals surface area contributed by atoms with Crippen LogP contribution in [-0.4, -0.2) is 18.0 Å². The number of nitrogens with one attached hydrogen (secondary N) is 1. The summed E-state index contributed by atoms with van der Waals surface area (Å²) in [6, 6.07) is 14.0. The lowest BCUT2D eigenvalue weighted by Gasteiger charge is -2.15. The van der Waals surface area contributed by atoms with Gasteiger partial charge in [0.1, 0.15) is 6.07 Å². The van der Waals surface area contributed by atoms with Gasteiger partial charge < -0.3 is 10.1 Å². The van der Waals surface area contributed by atoms with Crippen molar-refractivity contribution >= 4 is 17.6 Å². The third kappa shape index (κ3) is 3.99. The minimum Gasteiger partial charge on any atom is -0.449 e. The molecule has 0 heterocycles. The zero-order valence-corrected chi connectivity index (χ0v) is 13.8. The van der Waals surface area contributed by atoms with Crippen molar-refractivity contribution < 1.29 is 14.3 Å². The maximum absolute atomic E-state index is 12.2. The molecule has 0 aliphatic carbocycles. The molecule has 0 unspecified atom stereocenters. The zero-order valence-electron chi connectivity index (χ0n) is 13.8. The molecule has 2 aromatic carbocycles. The Hall–Kier alpha value is -3.13.